The van der Waals surface area contributed by atoms with Crippen molar-refractivity contribution >= 4 is 35.1 Å². The molecule has 7 heteroatoms. The van der Waals surface area contributed by atoms with E-state index in [1.54, 1.807) is 25.3 Å². The van der Waals surface area contributed by atoms with Gasteiger partial charge in [-0.15, -0.1) is 0 Å². The summed E-state index contributed by atoms with van der Waals surface area (Å²) < 4.78 is 10.2. The van der Waals surface area contributed by atoms with Crippen molar-refractivity contribution in [3.05, 3.63) is 63.6 Å². The van der Waals surface area contributed by atoms with Crippen molar-refractivity contribution < 1.29 is 19.1 Å². The number of hydrogen-bond donors (Lipinski definition) is 1. The van der Waals surface area contributed by atoms with Crippen LogP contribution in [0.2, 0.25) is 10.0 Å². The Morgan fingerprint density at radius 3 is 2.44 bits per heavy atom. The molecule has 5 nitrogen and oxygen atoms in total. The number of benzene rings is 2. The van der Waals surface area contributed by atoms with Gasteiger partial charge in [0.25, 0.3) is 5.91 Å². The van der Waals surface area contributed by atoms with Gasteiger partial charge in [0.2, 0.25) is 0 Å². The van der Waals surface area contributed by atoms with Crippen molar-refractivity contribution in [1.82, 2.24) is 5.32 Å². The fourth-order valence-corrected chi connectivity index (χ4v) is 2.37. The number of ether oxygens (including phenoxy) is 2. The van der Waals surface area contributed by atoms with Crippen molar-refractivity contribution in [3.63, 3.8) is 0 Å². The van der Waals surface area contributed by atoms with Crippen LogP contribution in [0, 0.1) is 0 Å². The second-order valence-electron chi connectivity index (χ2n) is 5.24. The summed E-state index contributed by atoms with van der Waals surface area (Å²) in [7, 11) is 1.58. The Balaban J connectivity index is 1.90. The van der Waals surface area contributed by atoms with Crippen LogP contribution >= 0.6 is 23.2 Å². The van der Waals surface area contributed by atoms with Crippen molar-refractivity contribution in [2.24, 2.45) is 0 Å². The summed E-state index contributed by atoms with van der Waals surface area (Å²) >= 11 is 11.8. The van der Waals surface area contributed by atoms with Gasteiger partial charge < -0.3 is 14.8 Å². The van der Waals surface area contributed by atoms with Crippen LogP contribution in [0.1, 0.15) is 22.8 Å². The molecule has 0 saturated carbocycles. The number of esters is 1. The molecule has 25 heavy (non-hydrogen) atoms. The molecule has 1 amide bonds. The van der Waals surface area contributed by atoms with Crippen LogP contribution < -0.4 is 10.1 Å². The molecule has 1 atom stereocenters. The standard InChI is InChI=1S/C18H17Cl2NO4/c1-11(25-18(23)15-9-13(19)5-8-16(15)20)17(22)21-10-12-3-6-14(24-2)7-4-12/h3-9,11H,10H2,1-2H3,(H,21,22)/t11-/m0/s1. The van der Waals surface area contributed by atoms with Gasteiger partial charge in [0.15, 0.2) is 6.10 Å². The second kappa shape index (κ2) is 8.74. The lowest BCUT2D eigenvalue weighted by molar-refractivity contribution is -0.129. The van der Waals surface area contributed by atoms with E-state index >= 15 is 0 Å². The Kier molecular flexibility index (Phi) is 6.67. The fraction of sp³-hybridized carbons (Fsp3) is 0.222. The van der Waals surface area contributed by atoms with E-state index in [0.717, 1.165) is 11.3 Å². The Hall–Kier alpha value is -2.24. The maximum Gasteiger partial charge on any atom is 0.340 e. The maximum atomic E-state index is 12.1. The largest absolute Gasteiger partial charge is 0.497 e. The second-order valence-corrected chi connectivity index (χ2v) is 6.08. The van der Waals surface area contributed by atoms with Gasteiger partial charge in [-0.25, -0.2) is 4.79 Å². The number of halogens is 2. The first-order valence-electron chi connectivity index (χ1n) is 7.47. The normalized spacial score (nSPS) is 11.5. The molecule has 2 rings (SSSR count). The number of rotatable bonds is 6. The van der Waals surface area contributed by atoms with Crippen LogP contribution in [0.3, 0.4) is 0 Å². The van der Waals surface area contributed by atoms with Crippen LogP contribution in [0.4, 0.5) is 0 Å². The number of methoxy groups -OCH3 is 1. The smallest absolute Gasteiger partial charge is 0.340 e. The molecule has 132 valence electrons. The third-order valence-electron chi connectivity index (χ3n) is 3.43. The molecule has 0 aliphatic heterocycles. The Labute approximate surface area is 155 Å². The summed E-state index contributed by atoms with van der Waals surface area (Å²) in [4.78, 5) is 24.2. The number of carbonyl (C=O) groups excluding carboxylic acids is 2. The van der Waals surface area contributed by atoms with Crippen LogP contribution in [0.25, 0.3) is 0 Å². The molecule has 0 bridgehead atoms. The van der Waals surface area contributed by atoms with Gasteiger partial charge >= 0.3 is 5.97 Å². The number of carbonyl (C=O) groups is 2. The molecule has 0 radical (unpaired) electrons. The summed E-state index contributed by atoms with van der Waals surface area (Å²) in [6.07, 6.45) is -0.971. The van der Waals surface area contributed by atoms with E-state index in [1.165, 1.54) is 19.1 Å². The zero-order valence-corrected chi connectivity index (χ0v) is 15.2. The molecule has 1 N–H and O–H groups in total. The Morgan fingerprint density at radius 1 is 1.12 bits per heavy atom. The lowest BCUT2D eigenvalue weighted by Gasteiger charge is -2.14. The molecule has 0 aliphatic rings. The molecule has 0 unspecified atom stereocenters. The first kappa shape index (κ1) is 19.1. The maximum absolute atomic E-state index is 12.1. The van der Waals surface area contributed by atoms with E-state index in [1.807, 2.05) is 12.1 Å². The highest BCUT2D eigenvalue weighted by Crippen LogP contribution is 2.21. The third-order valence-corrected chi connectivity index (χ3v) is 3.99. The Bertz CT molecular complexity index is 762. The molecule has 0 fully saturated rings. The summed E-state index contributed by atoms with van der Waals surface area (Å²) in [5.41, 5.74) is 1.01. The molecule has 0 aliphatic carbocycles. The van der Waals surface area contributed by atoms with E-state index < -0.39 is 18.0 Å². The first-order chi connectivity index (χ1) is 11.9. The van der Waals surface area contributed by atoms with Gasteiger partial charge in [-0.05, 0) is 42.8 Å². The quantitative estimate of drug-likeness (QED) is 0.771. The van der Waals surface area contributed by atoms with Crippen molar-refractivity contribution in [2.45, 2.75) is 19.6 Å². The Morgan fingerprint density at radius 2 is 1.80 bits per heavy atom. The highest BCUT2D eigenvalue weighted by molar-refractivity contribution is 6.35. The highest BCUT2D eigenvalue weighted by atomic mass is 35.5. The van der Waals surface area contributed by atoms with Crippen molar-refractivity contribution in [1.29, 1.82) is 0 Å². The van der Waals surface area contributed by atoms with E-state index in [-0.39, 0.29) is 10.6 Å². The number of amides is 1. The van der Waals surface area contributed by atoms with Gasteiger partial charge in [0.05, 0.1) is 17.7 Å². The minimum atomic E-state index is -0.971. The molecule has 2 aromatic rings. The zero-order chi connectivity index (χ0) is 18.4. The lowest BCUT2D eigenvalue weighted by Crippen LogP contribution is -2.35. The minimum Gasteiger partial charge on any atom is -0.497 e. The zero-order valence-electron chi connectivity index (χ0n) is 13.7. The van der Waals surface area contributed by atoms with Crippen LogP contribution in [0.15, 0.2) is 42.5 Å². The van der Waals surface area contributed by atoms with Crippen molar-refractivity contribution in [2.75, 3.05) is 7.11 Å². The van der Waals surface area contributed by atoms with Crippen molar-refractivity contribution in [3.8, 4) is 5.75 Å². The van der Waals surface area contributed by atoms with E-state index in [2.05, 4.69) is 5.32 Å². The number of hydrogen-bond acceptors (Lipinski definition) is 4. The van der Waals surface area contributed by atoms with Crippen LogP contribution in [-0.4, -0.2) is 25.1 Å². The molecular weight excluding hydrogens is 365 g/mol. The molecular formula is C18H17Cl2NO4. The van der Waals surface area contributed by atoms with E-state index in [9.17, 15) is 9.59 Å². The summed E-state index contributed by atoms with van der Waals surface area (Å²) in [6.45, 7) is 1.79. The molecule has 0 spiro atoms. The monoisotopic (exact) mass is 381 g/mol. The average molecular weight is 382 g/mol. The van der Waals surface area contributed by atoms with E-state index in [4.69, 9.17) is 32.7 Å². The fourth-order valence-electron chi connectivity index (χ4n) is 2.01. The molecule has 0 saturated heterocycles. The topological polar surface area (TPSA) is 64.6 Å². The molecule has 2 aromatic carbocycles. The molecule has 0 heterocycles. The van der Waals surface area contributed by atoms with Gasteiger partial charge in [-0.1, -0.05) is 35.3 Å². The third kappa shape index (κ3) is 5.37. The van der Waals surface area contributed by atoms with Gasteiger partial charge in [-0.2, -0.15) is 0 Å². The summed E-state index contributed by atoms with van der Waals surface area (Å²) in [5, 5.41) is 3.27. The summed E-state index contributed by atoms with van der Waals surface area (Å²) in [6, 6.07) is 11.7. The van der Waals surface area contributed by atoms with Crippen LogP contribution in [-0.2, 0) is 16.1 Å². The SMILES string of the molecule is COc1ccc(CNC(=O)[C@H](C)OC(=O)c2cc(Cl)ccc2Cl)cc1. The van der Waals surface area contributed by atoms with Gasteiger partial charge in [0, 0.05) is 11.6 Å². The average Bonchev–Trinajstić information content (AvgIpc) is 2.61. The number of nitrogens with one attached hydrogen (secondary N) is 1. The van der Waals surface area contributed by atoms with E-state index in [0.29, 0.717) is 11.6 Å². The first-order valence-corrected chi connectivity index (χ1v) is 8.23. The minimum absolute atomic E-state index is 0.115. The molecule has 0 aromatic heterocycles. The predicted molar refractivity (Wildman–Crippen MR) is 96.2 cm³/mol. The van der Waals surface area contributed by atoms with Gasteiger partial charge in [-0.3, -0.25) is 4.79 Å². The summed E-state index contributed by atoms with van der Waals surface area (Å²) in [5.74, 6) is -0.391. The van der Waals surface area contributed by atoms with Gasteiger partial charge in [0.1, 0.15) is 5.75 Å². The lowest BCUT2D eigenvalue weighted by atomic mass is 10.2. The highest BCUT2D eigenvalue weighted by Gasteiger charge is 2.20. The van der Waals surface area contributed by atoms with Crippen LogP contribution in [0.5, 0.6) is 5.75 Å². The predicted octanol–water partition coefficient (Wildman–Crippen LogP) is 3.86.